The summed E-state index contributed by atoms with van der Waals surface area (Å²) in [5.41, 5.74) is 2.29. The third-order valence-electron chi connectivity index (χ3n) is 4.56. The van der Waals surface area contributed by atoms with Gasteiger partial charge in [0.1, 0.15) is 5.15 Å². The Labute approximate surface area is 128 Å². The maximum absolute atomic E-state index is 6.37. The molecule has 0 aromatic carbocycles. The van der Waals surface area contributed by atoms with Gasteiger partial charge >= 0.3 is 0 Å². The molecule has 4 heteroatoms. The van der Waals surface area contributed by atoms with Crippen molar-refractivity contribution in [3.63, 3.8) is 0 Å². The summed E-state index contributed by atoms with van der Waals surface area (Å²) < 4.78 is 1.79. The van der Waals surface area contributed by atoms with Crippen LogP contribution in [-0.4, -0.2) is 22.4 Å². The predicted octanol–water partition coefficient (Wildman–Crippen LogP) is 3.87. The molecule has 20 heavy (non-hydrogen) atoms. The lowest BCUT2D eigenvalue weighted by Crippen LogP contribution is -2.33. The van der Waals surface area contributed by atoms with Crippen molar-refractivity contribution in [1.82, 2.24) is 15.1 Å². The molecular formula is C16H28ClN3. The van der Waals surface area contributed by atoms with E-state index in [0.717, 1.165) is 29.7 Å². The third-order valence-corrected chi connectivity index (χ3v) is 5.03. The zero-order valence-corrected chi connectivity index (χ0v) is 13.8. The van der Waals surface area contributed by atoms with Gasteiger partial charge in [-0.15, -0.1) is 0 Å². The van der Waals surface area contributed by atoms with E-state index < -0.39 is 0 Å². The number of aryl methyl sites for hydroxylation is 2. The fourth-order valence-electron chi connectivity index (χ4n) is 3.50. The second-order valence-corrected chi connectivity index (χ2v) is 6.53. The van der Waals surface area contributed by atoms with Crippen molar-refractivity contribution in [2.75, 3.05) is 6.54 Å². The molecule has 0 spiro atoms. The standard InChI is InChI=1S/C16H28ClN3/c1-4-18-14(10-13-8-6-5-7-9-13)11-15-12(2)19-20(3)16(15)17/h13-14,18H,4-11H2,1-3H3. The highest BCUT2D eigenvalue weighted by Gasteiger charge is 2.21. The summed E-state index contributed by atoms with van der Waals surface area (Å²) in [5.74, 6) is 0.892. The van der Waals surface area contributed by atoms with Crippen LogP contribution in [-0.2, 0) is 13.5 Å². The van der Waals surface area contributed by atoms with Crippen LogP contribution in [0.25, 0.3) is 0 Å². The van der Waals surface area contributed by atoms with Gasteiger partial charge in [0.15, 0.2) is 0 Å². The molecule has 2 rings (SSSR count). The van der Waals surface area contributed by atoms with Gasteiger partial charge in [-0.05, 0) is 32.2 Å². The first-order valence-corrected chi connectivity index (χ1v) is 8.41. The minimum absolute atomic E-state index is 0.531. The summed E-state index contributed by atoms with van der Waals surface area (Å²) in [4.78, 5) is 0. The predicted molar refractivity (Wildman–Crippen MR) is 85.3 cm³/mol. The van der Waals surface area contributed by atoms with E-state index in [1.165, 1.54) is 44.1 Å². The summed E-state index contributed by atoms with van der Waals surface area (Å²) in [7, 11) is 1.92. The van der Waals surface area contributed by atoms with Crippen LogP contribution >= 0.6 is 11.6 Å². The molecule has 0 saturated heterocycles. The molecule has 1 fully saturated rings. The topological polar surface area (TPSA) is 29.9 Å². The number of hydrogen-bond acceptors (Lipinski definition) is 2. The number of hydrogen-bond donors (Lipinski definition) is 1. The monoisotopic (exact) mass is 297 g/mol. The zero-order valence-electron chi connectivity index (χ0n) is 13.1. The molecule has 1 aromatic heterocycles. The van der Waals surface area contributed by atoms with Gasteiger partial charge in [-0.3, -0.25) is 4.68 Å². The Morgan fingerprint density at radius 1 is 1.35 bits per heavy atom. The van der Waals surface area contributed by atoms with Crippen molar-refractivity contribution < 1.29 is 0 Å². The molecule has 0 bridgehead atoms. The second kappa shape index (κ2) is 7.46. The molecule has 1 atom stereocenters. The van der Waals surface area contributed by atoms with E-state index in [-0.39, 0.29) is 0 Å². The number of nitrogens with one attached hydrogen (secondary N) is 1. The quantitative estimate of drug-likeness (QED) is 0.864. The van der Waals surface area contributed by atoms with E-state index in [2.05, 4.69) is 24.3 Å². The van der Waals surface area contributed by atoms with Gasteiger partial charge in [-0.2, -0.15) is 5.10 Å². The average Bonchev–Trinajstić information content (AvgIpc) is 2.67. The zero-order chi connectivity index (χ0) is 14.5. The van der Waals surface area contributed by atoms with Crippen LogP contribution in [0.2, 0.25) is 5.15 Å². The Bertz CT molecular complexity index is 422. The molecular weight excluding hydrogens is 270 g/mol. The number of halogens is 1. The fourth-order valence-corrected chi connectivity index (χ4v) is 3.76. The fraction of sp³-hybridized carbons (Fsp3) is 0.812. The Hall–Kier alpha value is -0.540. The van der Waals surface area contributed by atoms with Crippen molar-refractivity contribution in [3.05, 3.63) is 16.4 Å². The van der Waals surface area contributed by atoms with Gasteiger partial charge in [-0.1, -0.05) is 50.6 Å². The van der Waals surface area contributed by atoms with Gasteiger partial charge in [0.05, 0.1) is 5.69 Å². The van der Waals surface area contributed by atoms with Crippen molar-refractivity contribution in [2.45, 2.75) is 64.8 Å². The van der Waals surface area contributed by atoms with E-state index in [4.69, 9.17) is 11.6 Å². The lowest BCUT2D eigenvalue weighted by Gasteiger charge is -2.27. The van der Waals surface area contributed by atoms with Gasteiger partial charge in [-0.25, -0.2) is 0 Å². The lowest BCUT2D eigenvalue weighted by molar-refractivity contribution is 0.298. The Morgan fingerprint density at radius 2 is 2.05 bits per heavy atom. The Kier molecular flexibility index (Phi) is 5.91. The van der Waals surface area contributed by atoms with Crippen LogP contribution in [0.15, 0.2) is 0 Å². The summed E-state index contributed by atoms with van der Waals surface area (Å²) >= 11 is 6.37. The van der Waals surface area contributed by atoms with E-state index >= 15 is 0 Å². The number of aromatic nitrogens is 2. The van der Waals surface area contributed by atoms with Crippen LogP contribution in [0.1, 0.15) is 56.7 Å². The summed E-state index contributed by atoms with van der Waals surface area (Å²) in [6.07, 6.45) is 9.34. The van der Waals surface area contributed by atoms with Crippen LogP contribution in [0.5, 0.6) is 0 Å². The first-order valence-electron chi connectivity index (χ1n) is 8.03. The molecule has 0 aliphatic heterocycles. The van der Waals surface area contributed by atoms with Crippen molar-refractivity contribution in [3.8, 4) is 0 Å². The molecule has 1 aliphatic carbocycles. The van der Waals surface area contributed by atoms with E-state index in [1.807, 2.05) is 7.05 Å². The van der Waals surface area contributed by atoms with Gasteiger partial charge < -0.3 is 5.32 Å². The maximum atomic E-state index is 6.37. The number of likely N-dealkylation sites (N-methyl/N-ethyl adjacent to an activating group) is 1. The van der Waals surface area contributed by atoms with Crippen LogP contribution in [0.3, 0.4) is 0 Å². The highest BCUT2D eigenvalue weighted by atomic mass is 35.5. The molecule has 0 radical (unpaired) electrons. The molecule has 1 heterocycles. The Morgan fingerprint density at radius 3 is 2.60 bits per heavy atom. The molecule has 114 valence electrons. The average molecular weight is 298 g/mol. The second-order valence-electron chi connectivity index (χ2n) is 6.18. The minimum Gasteiger partial charge on any atom is -0.314 e. The van der Waals surface area contributed by atoms with E-state index in [1.54, 1.807) is 4.68 Å². The van der Waals surface area contributed by atoms with Crippen LogP contribution in [0, 0.1) is 12.8 Å². The van der Waals surface area contributed by atoms with Crippen molar-refractivity contribution in [1.29, 1.82) is 0 Å². The number of nitrogens with zero attached hydrogens (tertiary/aromatic N) is 2. The van der Waals surface area contributed by atoms with Gasteiger partial charge in [0.2, 0.25) is 0 Å². The molecule has 1 unspecified atom stereocenters. The SMILES string of the molecule is CCNC(Cc1c(C)nn(C)c1Cl)CC1CCCCC1. The molecule has 1 saturated carbocycles. The Balaban J connectivity index is 2.00. The first kappa shape index (κ1) is 15.8. The van der Waals surface area contributed by atoms with E-state index in [0.29, 0.717) is 6.04 Å². The largest absolute Gasteiger partial charge is 0.314 e. The highest BCUT2D eigenvalue weighted by molar-refractivity contribution is 6.30. The molecule has 1 N–H and O–H groups in total. The number of rotatable bonds is 6. The lowest BCUT2D eigenvalue weighted by atomic mass is 9.83. The molecule has 0 amide bonds. The molecule has 1 aliphatic rings. The van der Waals surface area contributed by atoms with Gasteiger partial charge in [0, 0.05) is 18.7 Å². The minimum atomic E-state index is 0.531. The highest BCUT2D eigenvalue weighted by Crippen LogP contribution is 2.29. The summed E-state index contributed by atoms with van der Waals surface area (Å²) in [6.45, 7) is 5.27. The molecule has 1 aromatic rings. The normalized spacial score (nSPS) is 18.4. The maximum Gasteiger partial charge on any atom is 0.130 e. The first-order chi connectivity index (χ1) is 9.61. The van der Waals surface area contributed by atoms with E-state index in [9.17, 15) is 0 Å². The van der Waals surface area contributed by atoms with Crippen LogP contribution < -0.4 is 5.32 Å². The van der Waals surface area contributed by atoms with Gasteiger partial charge in [0.25, 0.3) is 0 Å². The summed E-state index contributed by atoms with van der Waals surface area (Å²) in [6, 6.07) is 0.531. The third kappa shape index (κ3) is 3.98. The van der Waals surface area contributed by atoms with Crippen molar-refractivity contribution >= 4 is 11.6 Å². The smallest absolute Gasteiger partial charge is 0.130 e. The van der Waals surface area contributed by atoms with Crippen molar-refractivity contribution in [2.24, 2.45) is 13.0 Å². The summed E-state index contributed by atoms with van der Waals surface area (Å²) in [5, 5.41) is 8.87. The molecule has 3 nitrogen and oxygen atoms in total. The van der Waals surface area contributed by atoms with Crippen LogP contribution in [0.4, 0.5) is 0 Å².